The van der Waals surface area contributed by atoms with Gasteiger partial charge in [-0.2, -0.15) is 0 Å². The summed E-state index contributed by atoms with van der Waals surface area (Å²) in [6, 6.07) is 68.0. The van der Waals surface area contributed by atoms with Crippen LogP contribution in [0.25, 0.3) is 33.9 Å². The lowest BCUT2D eigenvalue weighted by Crippen LogP contribution is -2.32. The van der Waals surface area contributed by atoms with E-state index in [-0.39, 0.29) is 10.8 Å². The molecule has 388 valence electrons. The topological polar surface area (TPSA) is 15.7 Å². The minimum Gasteiger partial charge on any atom is -0.457 e. The van der Waals surface area contributed by atoms with Crippen LogP contribution >= 0.6 is 0 Å². The summed E-state index contributed by atoms with van der Waals surface area (Å²) in [4.78, 5) is 4.91. The van der Waals surface area contributed by atoms with Gasteiger partial charge in [0.2, 0.25) is 0 Å². The van der Waals surface area contributed by atoms with Crippen molar-refractivity contribution in [2.24, 2.45) is 0 Å². The Morgan fingerprint density at radius 3 is 1.90 bits per heavy atom. The predicted molar refractivity (Wildman–Crippen MR) is 336 cm³/mol. The summed E-state index contributed by atoms with van der Waals surface area (Å²) in [7, 11) is 0. The van der Waals surface area contributed by atoms with E-state index in [0.717, 1.165) is 70.5 Å². The minimum atomic E-state index is -0.543. The number of para-hydroxylation sites is 2. The number of anilines is 6. The third kappa shape index (κ3) is 7.85. The third-order valence-corrected chi connectivity index (χ3v) is 17.8. The Hall–Kier alpha value is -9.18. The lowest BCUT2D eigenvalue weighted by Gasteiger charge is -2.36. The molecule has 8 aromatic carbocycles. The molecule has 0 saturated heterocycles. The number of hydrogen-bond donors (Lipinski definition) is 0. The number of allylic oxidation sites excluding steroid dienone is 16. The van der Waals surface area contributed by atoms with Crippen LogP contribution in [0.2, 0.25) is 0 Å². The fraction of sp³-hybridized carbons (Fsp3) is 0.143. The molecule has 0 saturated carbocycles. The fourth-order valence-corrected chi connectivity index (χ4v) is 13.9. The molecule has 1 spiro atoms. The van der Waals surface area contributed by atoms with Gasteiger partial charge < -0.3 is 14.5 Å². The van der Waals surface area contributed by atoms with E-state index in [1.165, 1.54) is 77.9 Å². The Labute approximate surface area is 472 Å². The van der Waals surface area contributed by atoms with Crippen LogP contribution in [0.4, 0.5) is 34.1 Å². The fourth-order valence-electron chi connectivity index (χ4n) is 13.9. The Kier molecular flexibility index (Phi) is 11.9. The van der Waals surface area contributed by atoms with Crippen LogP contribution in [0.3, 0.4) is 0 Å². The zero-order valence-corrected chi connectivity index (χ0v) is 46.3. The maximum absolute atomic E-state index is 7.01. The van der Waals surface area contributed by atoms with Gasteiger partial charge in [-0.3, -0.25) is 0 Å². The lowest BCUT2D eigenvalue weighted by molar-refractivity contribution is 0.438. The highest BCUT2D eigenvalue weighted by Gasteiger charge is 2.50. The van der Waals surface area contributed by atoms with Crippen LogP contribution in [-0.2, 0) is 22.7 Å². The van der Waals surface area contributed by atoms with Gasteiger partial charge in [0.1, 0.15) is 11.5 Å². The molecule has 3 heteroatoms. The predicted octanol–water partition coefficient (Wildman–Crippen LogP) is 20.3. The SMILES string of the molecule is C/C=C\C=C/C1=Cc2ccc(N(c3ccccc3)c3cccc(N(c4cccc(-c5cccc6c5C5(Cc7ccccc7OC7=C5C=CCC=C7)C5=C6C=CCC=C5)c4)c4ccc5c(c4)C(C)(C)c4ccccc4-5)c3)cc2C1(C)C. The van der Waals surface area contributed by atoms with Gasteiger partial charge in [-0.1, -0.05) is 210 Å². The summed E-state index contributed by atoms with van der Waals surface area (Å²) in [5, 5.41) is 0. The second-order valence-electron chi connectivity index (χ2n) is 23.1. The molecular formula is C77H64N2O. The average Bonchev–Trinajstić information content (AvgIpc) is 2.92. The molecule has 0 N–H and O–H groups in total. The van der Waals surface area contributed by atoms with E-state index in [2.05, 4.69) is 305 Å². The minimum absolute atomic E-state index is 0.172. The third-order valence-electron chi connectivity index (χ3n) is 17.8. The van der Waals surface area contributed by atoms with Gasteiger partial charge in [0.25, 0.3) is 0 Å². The first-order chi connectivity index (χ1) is 39.1. The van der Waals surface area contributed by atoms with Crippen LogP contribution in [0, 0.1) is 0 Å². The standard InChI is InChI=1S/C77H64N2O/c1-6-7-11-27-55-46-53-42-43-60(49-70(53)75(55,2)3)78(56-28-12-8-13-29-56)58-31-23-32-59(48-58)79(61-44-45-65-63-34-19-20-37-67(63)76(4,5)71(65)50-61)57-30-22-26-52(47-57)62-35-24-36-66-64-33-14-9-15-38-68(64)77(74(62)66)51-54-25-18-21-40-72(54)80-73-41-17-10-16-39-69(73)77/h6-8,11-50H,9-10,51H2,1-5H3/b7-6-,27-11-. The van der Waals surface area contributed by atoms with Gasteiger partial charge in [0.05, 0.1) is 5.41 Å². The monoisotopic (exact) mass is 1030 g/mol. The number of hydrogen-bond acceptors (Lipinski definition) is 3. The molecule has 1 heterocycles. The van der Waals surface area contributed by atoms with E-state index in [4.69, 9.17) is 4.74 Å². The van der Waals surface area contributed by atoms with E-state index in [1.807, 2.05) is 0 Å². The number of fused-ring (bicyclic) bond motifs is 10. The van der Waals surface area contributed by atoms with Crippen molar-refractivity contribution in [1.29, 1.82) is 0 Å². The van der Waals surface area contributed by atoms with Crippen LogP contribution in [-0.4, -0.2) is 0 Å². The first-order valence-electron chi connectivity index (χ1n) is 28.4. The molecular weight excluding hydrogens is 969 g/mol. The summed E-state index contributed by atoms with van der Waals surface area (Å²) in [5.74, 6) is 1.83. The van der Waals surface area contributed by atoms with Crippen molar-refractivity contribution in [3.05, 3.63) is 316 Å². The number of nitrogens with zero attached hydrogens (tertiary/aromatic N) is 2. The van der Waals surface area contributed by atoms with Gasteiger partial charge in [-0.15, -0.1) is 0 Å². The van der Waals surface area contributed by atoms with Crippen LogP contribution in [0.1, 0.15) is 86.4 Å². The molecule has 3 nitrogen and oxygen atoms in total. The molecule has 0 aromatic heterocycles. The smallest absolute Gasteiger partial charge is 0.131 e. The molecule has 8 aromatic rings. The van der Waals surface area contributed by atoms with E-state index < -0.39 is 5.41 Å². The van der Waals surface area contributed by atoms with E-state index in [0.29, 0.717) is 0 Å². The van der Waals surface area contributed by atoms with Gasteiger partial charge >= 0.3 is 0 Å². The van der Waals surface area contributed by atoms with Gasteiger partial charge in [-0.25, -0.2) is 0 Å². The van der Waals surface area contributed by atoms with Crippen LogP contribution < -0.4 is 14.5 Å². The molecule has 1 unspecified atom stereocenters. The molecule has 80 heavy (non-hydrogen) atoms. The van der Waals surface area contributed by atoms with Crippen molar-refractivity contribution in [2.75, 3.05) is 9.80 Å². The Morgan fingerprint density at radius 2 is 1.07 bits per heavy atom. The van der Waals surface area contributed by atoms with E-state index in [9.17, 15) is 0 Å². The molecule has 0 radical (unpaired) electrons. The van der Waals surface area contributed by atoms with Gasteiger partial charge in [-0.05, 0) is 183 Å². The first-order valence-corrected chi connectivity index (χ1v) is 28.4. The zero-order chi connectivity index (χ0) is 54.2. The second kappa shape index (κ2) is 19.3. The van der Waals surface area contributed by atoms with Gasteiger partial charge in [0.15, 0.2) is 0 Å². The highest BCUT2D eigenvalue weighted by atomic mass is 16.5. The molecule has 6 aliphatic rings. The Balaban J connectivity index is 0.957. The van der Waals surface area contributed by atoms with E-state index >= 15 is 0 Å². The van der Waals surface area contributed by atoms with Crippen LogP contribution in [0.5, 0.6) is 5.75 Å². The Bertz CT molecular complexity index is 4140. The maximum atomic E-state index is 7.01. The molecule has 0 amide bonds. The zero-order valence-electron chi connectivity index (χ0n) is 46.3. The normalized spacial score (nSPS) is 18.4. The number of rotatable bonds is 9. The molecule has 14 rings (SSSR count). The molecule has 5 aliphatic carbocycles. The van der Waals surface area contributed by atoms with Crippen molar-refractivity contribution in [3.63, 3.8) is 0 Å². The number of ether oxygens (including phenoxy) is 1. The molecule has 0 bridgehead atoms. The highest BCUT2D eigenvalue weighted by molar-refractivity contribution is 5.96. The van der Waals surface area contributed by atoms with Crippen LogP contribution in [0.15, 0.2) is 277 Å². The summed E-state index contributed by atoms with van der Waals surface area (Å²) >= 11 is 0. The lowest BCUT2D eigenvalue weighted by atomic mass is 9.65. The first kappa shape index (κ1) is 49.1. The van der Waals surface area contributed by atoms with E-state index in [1.54, 1.807) is 0 Å². The summed E-state index contributed by atoms with van der Waals surface area (Å²) in [6.07, 6.45) is 32.0. The van der Waals surface area contributed by atoms with Crippen molar-refractivity contribution in [1.82, 2.24) is 0 Å². The summed E-state index contributed by atoms with van der Waals surface area (Å²) in [5.41, 5.74) is 24.8. The van der Waals surface area contributed by atoms with Crippen molar-refractivity contribution in [3.8, 4) is 28.0 Å². The Morgan fingerprint density at radius 1 is 0.463 bits per heavy atom. The molecule has 1 aliphatic heterocycles. The molecule has 1 atom stereocenters. The van der Waals surface area contributed by atoms with Gasteiger partial charge in [0, 0.05) is 50.5 Å². The summed E-state index contributed by atoms with van der Waals surface area (Å²) < 4.78 is 7.01. The van der Waals surface area contributed by atoms with Crippen molar-refractivity contribution >= 4 is 45.8 Å². The van der Waals surface area contributed by atoms with Crippen molar-refractivity contribution < 1.29 is 4.74 Å². The summed E-state index contributed by atoms with van der Waals surface area (Å²) in [6.45, 7) is 11.5. The maximum Gasteiger partial charge on any atom is 0.131 e. The molecule has 0 fully saturated rings. The largest absolute Gasteiger partial charge is 0.457 e. The quantitative estimate of drug-likeness (QED) is 0.134. The number of benzene rings is 8. The van der Waals surface area contributed by atoms with Crippen molar-refractivity contribution in [2.45, 2.75) is 70.1 Å². The highest BCUT2D eigenvalue weighted by Crippen LogP contribution is 2.60. The second-order valence-corrected chi connectivity index (χ2v) is 23.1. The average molecular weight is 1030 g/mol.